The SMILES string of the molecule is CCCC(CS)(CCC)CN1C(=O)CC(C)(C)CC1=O. The van der Waals surface area contributed by atoms with Crippen molar-refractivity contribution in [3.05, 3.63) is 0 Å². The number of piperidine rings is 1. The second kappa shape index (κ2) is 6.97. The summed E-state index contributed by atoms with van der Waals surface area (Å²) in [5.41, 5.74) is -0.205. The minimum atomic E-state index is -0.191. The van der Waals surface area contributed by atoms with E-state index in [1.807, 2.05) is 13.8 Å². The number of carbonyl (C=O) groups excluding carboxylic acids is 2. The highest BCUT2D eigenvalue weighted by Crippen LogP contribution is 2.37. The Bertz CT molecular complexity index is 339. The van der Waals surface area contributed by atoms with Crippen LogP contribution in [0.5, 0.6) is 0 Å². The first-order valence-electron chi connectivity index (χ1n) is 7.73. The lowest BCUT2D eigenvalue weighted by molar-refractivity contribution is -0.154. The topological polar surface area (TPSA) is 37.4 Å². The summed E-state index contributed by atoms with van der Waals surface area (Å²) < 4.78 is 0. The highest BCUT2D eigenvalue weighted by molar-refractivity contribution is 7.80. The molecule has 0 spiro atoms. The first-order valence-corrected chi connectivity index (χ1v) is 8.36. The number of hydrogen-bond donors (Lipinski definition) is 1. The standard InChI is InChI=1S/C16H29NO2S/c1-5-7-16(12-20,8-6-2)11-17-13(18)9-15(3,4)10-14(17)19/h20H,5-12H2,1-4H3. The van der Waals surface area contributed by atoms with Crippen LogP contribution in [0.4, 0.5) is 0 Å². The highest BCUT2D eigenvalue weighted by atomic mass is 32.1. The van der Waals surface area contributed by atoms with Crippen molar-refractivity contribution in [1.29, 1.82) is 0 Å². The molecule has 1 fully saturated rings. The predicted molar refractivity (Wildman–Crippen MR) is 85.8 cm³/mol. The van der Waals surface area contributed by atoms with E-state index in [0.29, 0.717) is 19.4 Å². The van der Waals surface area contributed by atoms with Crippen LogP contribution in [0, 0.1) is 10.8 Å². The van der Waals surface area contributed by atoms with Crippen LogP contribution in [0.2, 0.25) is 0 Å². The van der Waals surface area contributed by atoms with Crippen LogP contribution in [0.3, 0.4) is 0 Å². The van der Waals surface area contributed by atoms with Gasteiger partial charge in [-0.3, -0.25) is 14.5 Å². The van der Waals surface area contributed by atoms with E-state index < -0.39 is 0 Å². The molecule has 1 aliphatic rings. The van der Waals surface area contributed by atoms with E-state index in [1.54, 1.807) is 0 Å². The Balaban J connectivity index is 2.87. The van der Waals surface area contributed by atoms with Crippen LogP contribution in [-0.4, -0.2) is 29.0 Å². The zero-order chi connectivity index (χ0) is 15.4. The fraction of sp³-hybridized carbons (Fsp3) is 0.875. The molecule has 1 aliphatic heterocycles. The van der Waals surface area contributed by atoms with Crippen LogP contribution in [-0.2, 0) is 9.59 Å². The van der Waals surface area contributed by atoms with Gasteiger partial charge in [-0.25, -0.2) is 0 Å². The molecule has 20 heavy (non-hydrogen) atoms. The molecule has 0 saturated carbocycles. The lowest BCUT2D eigenvalue weighted by Gasteiger charge is -2.41. The molecule has 0 bridgehead atoms. The van der Waals surface area contributed by atoms with Crippen molar-refractivity contribution < 1.29 is 9.59 Å². The maximum absolute atomic E-state index is 12.3. The lowest BCUT2D eigenvalue weighted by Crippen LogP contribution is -2.51. The lowest BCUT2D eigenvalue weighted by atomic mass is 9.77. The molecule has 1 rings (SSSR count). The van der Waals surface area contributed by atoms with E-state index in [-0.39, 0.29) is 22.6 Å². The van der Waals surface area contributed by atoms with Gasteiger partial charge in [0.25, 0.3) is 0 Å². The third-order valence-electron chi connectivity index (χ3n) is 4.25. The van der Waals surface area contributed by atoms with Gasteiger partial charge in [0, 0.05) is 19.4 Å². The van der Waals surface area contributed by atoms with Gasteiger partial charge in [0.05, 0.1) is 0 Å². The molecule has 0 aromatic carbocycles. The zero-order valence-electron chi connectivity index (χ0n) is 13.4. The third kappa shape index (κ3) is 4.24. The largest absolute Gasteiger partial charge is 0.282 e. The molecular formula is C16H29NO2S. The smallest absolute Gasteiger partial charge is 0.229 e. The van der Waals surface area contributed by atoms with Crippen LogP contribution >= 0.6 is 12.6 Å². The monoisotopic (exact) mass is 299 g/mol. The number of likely N-dealkylation sites (tertiary alicyclic amines) is 1. The van der Waals surface area contributed by atoms with Crippen molar-refractivity contribution in [3.63, 3.8) is 0 Å². The molecule has 0 aromatic rings. The minimum Gasteiger partial charge on any atom is -0.282 e. The van der Waals surface area contributed by atoms with Crippen molar-refractivity contribution >= 4 is 24.4 Å². The molecule has 2 amide bonds. The number of hydrogen-bond acceptors (Lipinski definition) is 3. The van der Waals surface area contributed by atoms with Crippen LogP contribution < -0.4 is 0 Å². The Hall–Kier alpha value is -0.510. The molecule has 0 aromatic heterocycles. The van der Waals surface area contributed by atoms with Gasteiger partial charge in [-0.2, -0.15) is 12.6 Å². The average molecular weight is 299 g/mol. The Kier molecular flexibility index (Phi) is 6.11. The fourth-order valence-electron chi connectivity index (χ4n) is 3.27. The fourth-order valence-corrected chi connectivity index (χ4v) is 3.69. The van der Waals surface area contributed by atoms with E-state index in [4.69, 9.17) is 0 Å². The molecule has 3 nitrogen and oxygen atoms in total. The Labute approximate surface area is 128 Å². The molecule has 0 unspecified atom stereocenters. The molecule has 0 aliphatic carbocycles. The van der Waals surface area contributed by atoms with Crippen molar-refractivity contribution in [2.75, 3.05) is 12.3 Å². The summed E-state index contributed by atoms with van der Waals surface area (Å²) >= 11 is 4.51. The molecule has 0 N–H and O–H groups in total. The first-order chi connectivity index (χ1) is 9.29. The third-order valence-corrected chi connectivity index (χ3v) is 4.92. The van der Waals surface area contributed by atoms with Gasteiger partial charge in [0.1, 0.15) is 0 Å². The molecular weight excluding hydrogens is 270 g/mol. The van der Waals surface area contributed by atoms with Gasteiger partial charge in [-0.1, -0.05) is 40.5 Å². The maximum Gasteiger partial charge on any atom is 0.229 e. The highest BCUT2D eigenvalue weighted by Gasteiger charge is 2.41. The number of imide groups is 1. The Morgan fingerprint density at radius 1 is 1.10 bits per heavy atom. The molecule has 116 valence electrons. The van der Waals surface area contributed by atoms with Crippen molar-refractivity contribution in [2.45, 2.75) is 66.2 Å². The normalized spacial score (nSPS) is 19.6. The summed E-state index contributed by atoms with van der Waals surface area (Å²) in [6.07, 6.45) is 5.10. The molecule has 4 heteroatoms. The van der Waals surface area contributed by atoms with Gasteiger partial charge in [-0.05, 0) is 29.4 Å². The summed E-state index contributed by atoms with van der Waals surface area (Å²) in [7, 11) is 0. The van der Waals surface area contributed by atoms with Gasteiger partial charge in [-0.15, -0.1) is 0 Å². The van der Waals surface area contributed by atoms with Crippen molar-refractivity contribution in [1.82, 2.24) is 4.90 Å². The zero-order valence-corrected chi connectivity index (χ0v) is 14.3. The van der Waals surface area contributed by atoms with Crippen LogP contribution in [0.1, 0.15) is 66.2 Å². The van der Waals surface area contributed by atoms with Gasteiger partial charge in [0.15, 0.2) is 0 Å². The Morgan fingerprint density at radius 3 is 1.90 bits per heavy atom. The molecule has 0 radical (unpaired) electrons. The van der Waals surface area contributed by atoms with Gasteiger partial charge in [0.2, 0.25) is 11.8 Å². The predicted octanol–water partition coefficient (Wildman–Crippen LogP) is 3.68. The summed E-state index contributed by atoms with van der Waals surface area (Å²) in [5, 5.41) is 0. The van der Waals surface area contributed by atoms with Crippen LogP contribution in [0.15, 0.2) is 0 Å². The summed E-state index contributed by atoms with van der Waals surface area (Å²) in [6.45, 7) is 8.83. The number of thiol groups is 1. The molecule has 1 saturated heterocycles. The maximum atomic E-state index is 12.3. The second-order valence-corrected chi connectivity index (χ2v) is 7.37. The van der Waals surface area contributed by atoms with E-state index in [0.717, 1.165) is 31.4 Å². The first kappa shape index (κ1) is 17.5. The minimum absolute atomic E-state index is 0.00962. The van der Waals surface area contributed by atoms with E-state index >= 15 is 0 Å². The summed E-state index contributed by atoms with van der Waals surface area (Å²) in [5.74, 6) is 0.712. The quantitative estimate of drug-likeness (QED) is 0.575. The van der Waals surface area contributed by atoms with Crippen molar-refractivity contribution in [2.24, 2.45) is 10.8 Å². The summed E-state index contributed by atoms with van der Waals surface area (Å²) in [6, 6.07) is 0. The summed E-state index contributed by atoms with van der Waals surface area (Å²) in [4.78, 5) is 26.1. The van der Waals surface area contributed by atoms with Crippen molar-refractivity contribution in [3.8, 4) is 0 Å². The Morgan fingerprint density at radius 2 is 1.55 bits per heavy atom. The van der Waals surface area contributed by atoms with Gasteiger partial charge < -0.3 is 0 Å². The van der Waals surface area contributed by atoms with E-state index in [9.17, 15) is 9.59 Å². The number of amides is 2. The van der Waals surface area contributed by atoms with E-state index in [2.05, 4.69) is 26.5 Å². The number of nitrogens with zero attached hydrogens (tertiary/aromatic N) is 1. The van der Waals surface area contributed by atoms with Crippen LogP contribution in [0.25, 0.3) is 0 Å². The number of rotatable bonds is 7. The molecule has 0 atom stereocenters. The average Bonchev–Trinajstić information content (AvgIpc) is 2.33. The van der Waals surface area contributed by atoms with Gasteiger partial charge >= 0.3 is 0 Å². The molecule has 1 heterocycles. The van der Waals surface area contributed by atoms with E-state index in [1.165, 1.54) is 4.90 Å². The number of carbonyl (C=O) groups is 2. The second-order valence-electron chi connectivity index (χ2n) is 7.05.